The van der Waals surface area contributed by atoms with Crippen LogP contribution < -0.4 is 15.4 Å². The Labute approximate surface area is 129 Å². The van der Waals surface area contributed by atoms with Crippen LogP contribution in [0, 0.1) is 6.92 Å². The van der Waals surface area contributed by atoms with Crippen LogP contribution in [0.5, 0.6) is 5.75 Å². The Kier molecular flexibility index (Phi) is 5.46. The number of aryl methyl sites for hydroxylation is 1. The van der Waals surface area contributed by atoms with Crippen LogP contribution in [0.2, 0.25) is 5.02 Å². The van der Waals surface area contributed by atoms with Gasteiger partial charge in [-0.2, -0.15) is 0 Å². The van der Waals surface area contributed by atoms with E-state index in [2.05, 4.69) is 10.6 Å². The first kappa shape index (κ1) is 15.2. The van der Waals surface area contributed by atoms with Gasteiger partial charge in [0, 0.05) is 11.6 Å². The molecule has 0 unspecified atom stereocenters. The Hall–Kier alpha value is -2.20. The predicted octanol–water partition coefficient (Wildman–Crippen LogP) is 3.48. The highest BCUT2D eigenvalue weighted by Crippen LogP contribution is 2.14. The highest BCUT2D eigenvalue weighted by Gasteiger charge is 2.00. The molecule has 0 radical (unpaired) electrons. The van der Waals surface area contributed by atoms with Gasteiger partial charge < -0.3 is 15.4 Å². The van der Waals surface area contributed by atoms with Gasteiger partial charge in [0.2, 0.25) is 0 Å². The van der Waals surface area contributed by atoms with Crippen molar-refractivity contribution in [2.24, 2.45) is 0 Å². The molecule has 0 spiro atoms. The summed E-state index contributed by atoms with van der Waals surface area (Å²) in [5.41, 5.74) is 2.23. The van der Waals surface area contributed by atoms with Crippen LogP contribution >= 0.6 is 11.6 Å². The van der Waals surface area contributed by atoms with Crippen LogP contribution in [0.4, 0.5) is 4.79 Å². The van der Waals surface area contributed by atoms with Gasteiger partial charge in [-0.3, -0.25) is 0 Å². The molecule has 2 aromatic carbocycles. The Morgan fingerprint density at radius 2 is 1.90 bits per heavy atom. The first-order valence-corrected chi connectivity index (χ1v) is 6.97. The van der Waals surface area contributed by atoms with Crippen LogP contribution in [-0.2, 0) is 6.54 Å². The summed E-state index contributed by atoms with van der Waals surface area (Å²) in [6.07, 6.45) is 0. The van der Waals surface area contributed by atoms with E-state index in [-0.39, 0.29) is 12.8 Å². The summed E-state index contributed by atoms with van der Waals surface area (Å²) in [4.78, 5) is 11.6. The van der Waals surface area contributed by atoms with E-state index in [9.17, 15) is 4.79 Å². The van der Waals surface area contributed by atoms with Crippen molar-refractivity contribution in [3.63, 3.8) is 0 Å². The molecule has 2 amide bonds. The maximum absolute atomic E-state index is 11.6. The zero-order valence-corrected chi connectivity index (χ0v) is 12.5. The van der Waals surface area contributed by atoms with E-state index in [0.717, 1.165) is 5.56 Å². The van der Waals surface area contributed by atoms with E-state index in [0.29, 0.717) is 17.3 Å². The van der Waals surface area contributed by atoms with Gasteiger partial charge in [0.05, 0.1) is 0 Å². The topological polar surface area (TPSA) is 50.4 Å². The van der Waals surface area contributed by atoms with Gasteiger partial charge in [0.25, 0.3) is 0 Å². The van der Waals surface area contributed by atoms with Gasteiger partial charge in [0.15, 0.2) is 6.73 Å². The molecule has 0 aliphatic carbocycles. The highest BCUT2D eigenvalue weighted by atomic mass is 35.5. The highest BCUT2D eigenvalue weighted by molar-refractivity contribution is 6.30. The van der Waals surface area contributed by atoms with Crippen LogP contribution in [0.15, 0.2) is 48.5 Å². The summed E-state index contributed by atoms with van der Waals surface area (Å²) in [6.45, 7) is 2.60. The number of nitrogens with one attached hydrogen (secondary N) is 2. The third-order valence-electron chi connectivity index (χ3n) is 2.82. The molecular formula is C16H17ClN2O2. The second kappa shape index (κ2) is 7.55. The fraction of sp³-hybridized carbons (Fsp3) is 0.188. The van der Waals surface area contributed by atoms with Crippen molar-refractivity contribution in [1.82, 2.24) is 10.6 Å². The van der Waals surface area contributed by atoms with E-state index in [1.807, 2.05) is 31.2 Å². The molecule has 0 fully saturated rings. The molecule has 0 aromatic heterocycles. The Balaban J connectivity index is 1.69. The monoisotopic (exact) mass is 304 g/mol. The fourth-order valence-electron chi connectivity index (χ4n) is 1.78. The minimum Gasteiger partial charge on any atom is -0.473 e. The van der Waals surface area contributed by atoms with Crippen LogP contribution in [-0.4, -0.2) is 12.8 Å². The molecule has 0 saturated carbocycles. The SMILES string of the molecule is Cc1cccc(CNC(=O)NCOc2ccc(Cl)cc2)c1. The number of carbonyl (C=O) groups excluding carboxylic acids is 1. The average Bonchev–Trinajstić information content (AvgIpc) is 2.47. The molecule has 0 bridgehead atoms. The van der Waals surface area contributed by atoms with Crippen molar-refractivity contribution in [3.8, 4) is 5.75 Å². The lowest BCUT2D eigenvalue weighted by molar-refractivity contribution is 0.223. The number of ether oxygens (including phenoxy) is 1. The molecule has 0 saturated heterocycles. The van der Waals surface area contributed by atoms with Gasteiger partial charge >= 0.3 is 6.03 Å². The summed E-state index contributed by atoms with van der Waals surface area (Å²) < 4.78 is 5.37. The van der Waals surface area contributed by atoms with E-state index in [4.69, 9.17) is 16.3 Å². The first-order chi connectivity index (χ1) is 10.1. The number of benzene rings is 2. The molecule has 0 heterocycles. The summed E-state index contributed by atoms with van der Waals surface area (Å²) in [7, 11) is 0. The van der Waals surface area contributed by atoms with Crippen molar-refractivity contribution >= 4 is 17.6 Å². The summed E-state index contributed by atoms with van der Waals surface area (Å²) >= 11 is 5.77. The molecular weight excluding hydrogens is 288 g/mol. The standard InChI is InChI=1S/C16H17ClN2O2/c1-12-3-2-4-13(9-12)10-18-16(20)19-11-21-15-7-5-14(17)6-8-15/h2-9H,10-11H2,1H3,(H2,18,19,20). The van der Waals surface area contributed by atoms with Gasteiger partial charge in [-0.25, -0.2) is 4.79 Å². The molecule has 2 aromatic rings. The molecule has 4 nitrogen and oxygen atoms in total. The van der Waals surface area contributed by atoms with E-state index >= 15 is 0 Å². The Bertz CT molecular complexity index is 599. The zero-order valence-electron chi connectivity index (χ0n) is 11.7. The molecule has 0 atom stereocenters. The molecule has 0 aliphatic heterocycles. The molecule has 2 N–H and O–H groups in total. The summed E-state index contributed by atoms with van der Waals surface area (Å²) in [5.74, 6) is 0.651. The van der Waals surface area contributed by atoms with E-state index in [1.165, 1.54) is 5.56 Å². The smallest absolute Gasteiger partial charge is 0.317 e. The third kappa shape index (κ3) is 5.36. The fourth-order valence-corrected chi connectivity index (χ4v) is 1.91. The third-order valence-corrected chi connectivity index (χ3v) is 3.07. The Morgan fingerprint density at radius 1 is 1.14 bits per heavy atom. The van der Waals surface area contributed by atoms with Crippen molar-refractivity contribution < 1.29 is 9.53 Å². The summed E-state index contributed by atoms with van der Waals surface area (Å²) in [5, 5.41) is 6.04. The lowest BCUT2D eigenvalue weighted by atomic mass is 10.1. The lowest BCUT2D eigenvalue weighted by Crippen LogP contribution is -2.37. The number of amides is 2. The zero-order chi connectivity index (χ0) is 15.1. The largest absolute Gasteiger partial charge is 0.473 e. The Morgan fingerprint density at radius 3 is 2.62 bits per heavy atom. The van der Waals surface area contributed by atoms with E-state index in [1.54, 1.807) is 24.3 Å². The minimum absolute atomic E-state index is 0.0985. The van der Waals surface area contributed by atoms with E-state index < -0.39 is 0 Å². The average molecular weight is 305 g/mol. The van der Waals surface area contributed by atoms with Gasteiger partial charge in [0.1, 0.15) is 5.75 Å². The molecule has 5 heteroatoms. The molecule has 110 valence electrons. The number of hydrogen-bond donors (Lipinski definition) is 2. The molecule has 0 aliphatic rings. The number of rotatable bonds is 5. The maximum Gasteiger partial charge on any atom is 0.317 e. The number of urea groups is 1. The van der Waals surface area contributed by atoms with Crippen molar-refractivity contribution in [2.45, 2.75) is 13.5 Å². The van der Waals surface area contributed by atoms with Crippen LogP contribution in [0.1, 0.15) is 11.1 Å². The lowest BCUT2D eigenvalue weighted by Gasteiger charge is -2.09. The second-order valence-corrected chi connectivity index (χ2v) is 5.03. The first-order valence-electron chi connectivity index (χ1n) is 6.59. The van der Waals surface area contributed by atoms with Crippen molar-refractivity contribution in [2.75, 3.05) is 6.73 Å². The van der Waals surface area contributed by atoms with Gasteiger partial charge in [-0.1, -0.05) is 41.4 Å². The molecule has 21 heavy (non-hydrogen) atoms. The predicted molar refractivity (Wildman–Crippen MR) is 83.5 cm³/mol. The number of carbonyl (C=O) groups is 1. The minimum atomic E-state index is -0.273. The quantitative estimate of drug-likeness (QED) is 0.831. The van der Waals surface area contributed by atoms with Crippen LogP contribution in [0.3, 0.4) is 0 Å². The normalized spacial score (nSPS) is 10.0. The van der Waals surface area contributed by atoms with Crippen molar-refractivity contribution in [1.29, 1.82) is 0 Å². The van der Waals surface area contributed by atoms with Gasteiger partial charge in [-0.05, 0) is 36.8 Å². The number of hydrogen-bond acceptors (Lipinski definition) is 2. The second-order valence-electron chi connectivity index (χ2n) is 4.59. The maximum atomic E-state index is 11.6. The van der Waals surface area contributed by atoms with Gasteiger partial charge in [-0.15, -0.1) is 0 Å². The molecule has 2 rings (SSSR count). The number of halogens is 1. The summed E-state index contributed by atoms with van der Waals surface area (Å²) in [6, 6.07) is 14.7. The van der Waals surface area contributed by atoms with Crippen molar-refractivity contribution in [3.05, 3.63) is 64.7 Å². The van der Waals surface area contributed by atoms with Crippen LogP contribution in [0.25, 0.3) is 0 Å².